The molecule has 9 heteroatoms. The van der Waals surface area contributed by atoms with Crippen LogP contribution >= 0.6 is 11.6 Å². The predicted octanol–water partition coefficient (Wildman–Crippen LogP) is 14.5. The molecule has 0 spiro atoms. The SMILES string of the molecule is CC(C)(C)c1cc(-c2ncnc3c(C#N)c4ccccc4cc23)cc2ccccc12.CC(C)(C)c1cc(-c2ncnc3c(Cl)c4ccccc4cc23)cc2ccccc12.[C-]#N.[C-]#N.[Zn+2]. The molecule has 0 aliphatic heterocycles. The third kappa shape index (κ3) is 8.75. The molecule has 306 valence electrons. The molecule has 8 aromatic carbocycles. The average Bonchev–Trinajstić information content (AvgIpc) is 3.30. The van der Waals surface area contributed by atoms with Crippen molar-refractivity contribution in [3.8, 4) is 28.6 Å². The Hall–Kier alpha value is -7.14. The van der Waals surface area contributed by atoms with Crippen molar-refractivity contribution in [2.45, 2.75) is 52.4 Å². The Morgan fingerprint density at radius 1 is 0.453 bits per heavy atom. The van der Waals surface area contributed by atoms with Gasteiger partial charge in [0.2, 0.25) is 0 Å². The zero-order chi connectivity index (χ0) is 45.1. The van der Waals surface area contributed by atoms with Gasteiger partial charge < -0.3 is 23.7 Å². The molecule has 10 rings (SSSR count). The fraction of sp³-hybridized carbons (Fsp3) is 0.145. The Balaban J connectivity index is 0.000000195. The Labute approximate surface area is 391 Å². The summed E-state index contributed by atoms with van der Waals surface area (Å²) < 4.78 is 0. The van der Waals surface area contributed by atoms with Gasteiger partial charge in [-0.2, -0.15) is 5.26 Å². The normalized spacial score (nSPS) is 11.1. The van der Waals surface area contributed by atoms with Gasteiger partial charge in [-0.05, 0) is 90.7 Å². The first-order valence-corrected chi connectivity index (χ1v) is 20.7. The number of halogens is 1. The van der Waals surface area contributed by atoms with Crippen molar-refractivity contribution in [2.75, 3.05) is 0 Å². The smallest absolute Gasteiger partial charge is 0.512 e. The molecule has 0 aliphatic rings. The third-order valence-corrected chi connectivity index (χ3v) is 11.6. The van der Waals surface area contributed by atoms with Crippen molar-refractivity contribution in [1.29, 1.82) is 15.8 Å². The van der Waals surface area contributed by atoms with Gasteiger partial charge in [0.05, 0.1) is 33.0 Å². The second kappa shape index (κ2) is 19.1. The van der Waals surface area contributed by atoms with Crippen LogP contribution in [-0.4, -0.2) is 19.9 Å². The molecule has 0 saturated heterocycles. The van der Waals surface area contributed by atoms with Crippen molar-refractivity contribution < 1.29 is 19.5 Å². The molecule has 10 aromatic rings. The van der Waals surface area contributed by atoms with Gasteiger partial charge in [0, 0.05) is 32.7 Å². The standard InChI is InChI=1S/C27H21N3.C26H21ClN2.2CN.Zn/c1-27(2,3)24-14-19(12-17-8-5-7-11-21(17)24)25-22-13-18-9-4-6-10-20(18)23(15-28)26(22)30-16-29-25;1-26(2,3)22-14-18(12-16-8-4-6-10-19(16)22)24-21-13-17-9-5-7-11-20(17)23(27)25(21)29-15-28-24;2*1-2;/h4-14,16H,1-3H3;4-15H,1-3H3;;;/q;;2*-1;+2. The van der Waals surface area contributed by atoms with E-state index in [1.807, 2.05) is 42.5 Å². The molecule has 0 saturated carbocycles. The van der Waals surface area contributed by atoms with Gasteiger partial charge in [-0.1, -0.05) is 150 Å². The summed E-state index contributed by atoms with van der Waals surface area (Å²) in [5, 5.41) is 33.9. The Morgan fingerprint density at radius 2 is 0.812 bits per heavy atom. The summed E-state index contributed by atoms with van der Waals surface area (Å²) in [6, 6.07) is 48.7. The number of rotatable bonds is 2. The van der Waals surface area contributed by atoms with E-state index in [-0.39, 0.29) is 30.3 Å². The van der Waals surface area contributed by atoms with E-state index < -0.39 is 0 Å². The van der Waals surface area contributed by atoms with Crippen molar-refractivity contribution in [1.82, 2.24) is 19.9 Å². The molecule has 0 bridgehead atoms. The molecular formula is C55H42ClN7Zn. The summed E-state index contributed by atoms with van der Waals surface area (Å²) in [5.41, 5.74) is 8.60. The molecule has 2 heterocycles. The summed E-state index contributed by atoms with van der Waals surface area (Å²) in [5.74, 6) is 0. The fourth-order valence-electron chi connectivity index (χ4n) is 8.39. The Kier molecular flexibility index (Phi) is 13.8. The average molecular weight is 902 g/mol. The van der Waals surface area contributed by atoms with Crippen LogP contribution in [0.2, 0.25) is 5.02 Å². The van der Waals surface area contributed by atoms with Crippen LogP contribution in [0.3, 0.4) is 0 Å². The summed E-state index contributed by atoms with van der Waals surface area (Å²) >= 11 is 6.74. The largest absolute Gasteiger partial charge is 2.00 e. The predicted molar refractivity (Wildman–Crippen MR) is 257 cm³/mol. The summed E-state index contributed by atoms with van der Waals surface area (Å²) in [6.07, 6.45) is 3.18. The molecule has 0 fully saturated rings. The zero-order valence-electron chi connectivity index (χ0n) is 36.6. The molecule has 0 amide bonds. The number of hydrogen-bond donors (Lipinski definition) is 0. The monoisotopic (exact) mass is 899 g/mol. The van der Waals surface area contributed by atoms with Gasteiger partial charge >= 0.3 is 19.5 Å². The van der Waals surface area contributed by atoms with E-state index in [0.29, 0.717) is 16.1 Å². The van der Waals surface area contributed by atoms with Crippen LogP contribution in [0, 0.1) is 35.0 Å². The van der Waals surface area contributed by atoms with Gasteiger partial charge in [0.1, 0.15) is 18.7 Å². The van der Waals surface area contributed by atoms with Crippen molar-refractivity contribution in [3.63, 3.8) is 0 Å². The first-order chi connectivity index (χ1) is 30.4. The van der Waals surface area contributed by atoms with Crippen LogP contribution in [-0.2, 0) is 30.3 Å². The maximum atomic E-state index is 9.88. The second-order valence-electron chi connectivity index (χ2n) is 17.2. The minimum absolute atomic E-state index is 0. The number of fused-ring (bicyclic) bond motifs is 6. The minimum atomic E-state index is -0.0110. The maximum Gasteiger partial charge on any atom is 2.00 e. The van der Waals surface area contributed by atoms with Crippen LogP contribution in [0.4, 0.5) is 0 Å². The first-order valence-electron chi connectivity index (χ1n) is 20.3. The van der Waals surface area contributed by atoms with Crippen LogP contribution in [0.1, 0.15) is 58.2 Å². The van der Waals surface area contributed by atoms with Crippen LogP contribution in [0.15, 0.2) is 146 Å². The summed E-state index contributed by atoms with van der Waals surface area (Å²) in [4.78, 5) is 18.3. The summed E-state index contributed by atoms with van der Waals surface area (Å²) in [7, 11) is 0. The fourth-order valence-corrected chi connectivity index (χ4v) is 8.71. The van der Waals surface area contributed by atoms with Gasteiger partial charge in [-0.25, -0.2) is 19.9 Å². The molecule has 2 aromatic heterocycles. The maximum absolute atomic E-state index is 9.88. The van der Waals surface area contributed by atoms with Crippen molar-refractivity contribution >= 4 is 76.5 Å². The molecular weight excluding hydrogens is 859 g/mol. The van der Waals surface area contributed by atoms with Crippen molar-refractivity contribution in [2.24, 2.45) is 0 Å². The molecule has 0 atom stereocenters. The quantitative estimate of drug-likeness (QED) is 0.0961. The summed E-state index contributed by atoms with van der Waals surface area (Å²) in [6.45, 7) is 23.0. The van der Waals surface area contributed by atoms with Gasteiger partial charge in [-0.15, -0.1) is 0 Å². The Bertz CT molecular complexity index is 3440. The molecule has 64 heavy (non-hydrogen) atoms. The topological polar surface area (TPSA) is 123 Å². The number of nitriles is 1. The molecule has 0 N–H and O–H groups in total. The first kappa shape index (κ1) is 46.4. The molecule has 0 aliphatic carbocycles. The van der Waals surface area contributed by atoms with E-state index in [9.17, 15) is 5.26 Å². The third-order valence-electron chi connectivity index (χ3n) is 11.2. The van der Waals surface area contributed by atoms with E-state index >= 15 is 0 Å². The van der Waals surface area contributed by atoms with Gasteiger partial charge in [-0.3, -0.25) is 0 Å². The minimum Gasteiger partial charge on any atom is -0.512 e. The van der Waals surface area contributed by atoms with E-state index in [0.717, 1.165) is 60.3 Å². The van der Waals surface area contributed by atoms with Crippen molar-refractivity contribution in [3.05, 3.63) is 181 Å². The second-order valence-corrected chi connectivity index (χ2v) is 17.6. The number of nitrogens with zero attached hydrogens (tertiary/aromatic N) is 7. The van der Waals surface area contributed by atoms with Gasteiger partial charge in [0.15, 0.2) is 0 Å². The van der Waals surface area contributed by atoms with Crippen LogP contribution in [0.5, 0.6) is 0 Å². The zero-order valence-corrected chi connectivity index (χ0v) is 40.3. The van der Waals surface area contributed by atoms with E-state index in [2.05, 4.69) is 159 Å². The molecule has 0 radical (unpaired) electrons. The number of benzene rings is 8. The number of aromatic nitrogens is 4. The van der Waals surface area contributed by atoms with E-state index in [4.69, 9.17) is 35.3 Å². The molecule has 7 nitrogen and oxygen atoms in total. The van der Waals surface area contributed by atoms with E-state index in [1.165, 1.54) is 32.7 Å². The van der Waals surface area contributed by atoms with Gasteiger partial charge in [0.25, 0.3) is 0 Å². The number of hydrogen-bond acceptors (Lipinski definition) is 7. The van der Waals surface area contributed by atoms with Crippen LogP contribution in [0.25, 0.3) is 87.4 Å². The Morgan fingerprint density at radius 3 is 1.25 bits per heavy atom. The van der Waals surface area contributed by atoms with Crippen LogP contribution < -0.4 is 0 Å². The molecule has 0 unspecified atom stereocenters. The van der Waals surface area contributed by atoms with E-state index in [1.54, 1.807) is 12.7 Å².